The van der Waals surface area contributed by atoms with Gasteiger partial charge in [0.25, 0.3) is 0 Å². The number of guanidine groups is 1. The molecule has 1 atom stereocenters. The Morgan fingerprint density at radius 3 is 2.41 bits per heavy atom. The summed E-state index contributed by atoms with van der Waals surface area (Å²) in [6.45, 7) is 7.95. The quantitative estimate of drug-likeness (QED) is 0.494. The van der Waals surface area contributed by atoms with Crippen LogP contribution in [0, 0.1) is 0 Å². The Hall–Kier alpha value is -2.89. The Morgan fingerprint density at radius 2 is 1.76 bits per heavy atom. The minimum absolute atomic E-state index is 0.0594. The van der Waals surface area contributed by atoms with E-state index in [-0.39, 0.29) is 6.04 Å². The third kappa shape index (κ3) is 6.59. The first-order valence-electron chi connectivity index (χ1n) is 10.1. The molecule has 0 saturated carbocycles. The molecular weight excluding hydrogens is 364 g/mol. The number of nitrogens with one attached hydrogen (secondary N) is 2. The van der Waals surface area contributed by atoms with Crippen molar-refractivity contribution >= 4 is 11.6 Å². The van der Waals surface area contributed by atoms with Crippen LogP contribution in [0.1, 0.15) is 37.9 Å². The Morgan fingerprint density at radius 1 is 1.03 bits per heavy atom. The molecular formula is C23H34N4O2. The molecule has 0 saturated heterocycles. The van der Waals surface area contributed by atoms with Crippen molar-refractivity contribution in [3.8, 4) is 11.5 Å². The molecule has 2 N–H and O–H groups in total. The van der Waals surface area contributed by atoms with Gasteiger partial charge in [-0.15, -0.1) is 0 Å². The second-order valence-electron chi connectivity index (χ2n) is 6.93. The molecule has 0 heterocycles. The molecule has 29 heavy (non-hydrogen) atoms. The molecule has 0 aromatic heterocycles. The summed E-state index contributed by atoms with van der Waals surface area (Å²) in [5.74, 6) is 2.29. The molecule has 0 aliphatic carbocycles. The van der Waals surface area contributed by atoms with E-state index in [9.17, 15) is 0 Å². The molecule has 0 aliphatic heterocycles. The molecule has 1 unspecified atom stereocenters. The second-order valence-corrected chi connectivity index (χ2v) is 6.93. The zero-order valence-corrected chi connectivity index (χ0v) is 18.5. The lowest BCUT2D eigenvalue weighted by atomic mass is 10.1. The zero-order valence-electron chi connectivity index (χ0n) is 18.5. The number of hydrogen-bond acceptors (Lipinski definition) is 4. The first kappa shape index (κ1) is 22.4. The summed E-state index contributed by atoms with van der Waals surface area (Å²) in [6, 6.07) is 14.6. The standard InChI is InChI=1S/C23H34N4O2/c1-7-28-21-13-12-19(15-22(21)29-8-2)17(3)26-23(24-4)25-16-18-10-9-11-20(14-18)27(5)6/h9-15,17H,7-8,16H2,1-6H3,(H2,24,25,26). The molecule has 0 amide bonds. The smallest absolute Gasteiger partial charge is 0.191 e. The summed E-state index contributed by atoms with van der Waals surface area (Å²) < 4.78 is 11.4. The maximum atomic E-state index is 5.74. The fourth-order valence-electron chi connectivity index (χ4n) is 2.95. The average molecular weight is 399 g/mol. The van der Waals surface area contributed by atoms with Gasteiger partial charge >= 0.3 is 0 Å². The van der Waals surface area contributed by atoms with Crippen LogP contribution >= 0.6 is 0 Å². The van der Waals surface area contributed by atoms with Gasteiger partial charge in [-0.2, -0.15) is 0 Å². The van der Waals surface area contributed by atoms with E-state index in [2.05, 4.69) is 57.8 Å². The Labute approximate surface area is 174 Å². The minimum Gasteiger partial charge on any atom is -0.490 e. The number of rotatable bonds is 9. The Kier molecular flexibility index (Phi) is 8.65. The van der Waals surface area contributed by atoms with Crippen LogP contribution in [-0.4, -0.2) is 40.3 Å². The Balaban J connectivity index is 2.03. The molecule has 0 fully saturated rings. The van der Waals surface area contributed by atoms with Crippen LogP contribution in [0.5, 0.6) is 11.5 Å². The minimum atomic E-state index is 0.0594. The first-order chi connectivity index (χ1) is 14.0. The van der Waals surface area contributed by atoms with E-state index in [4.69, 9.17) is 9.47 Å². The monoisotopic (exact) mass is 398 g/mol. The highest BCUT2D eigenvalue weighted by Gasteiger charge is 2.12. The lowest BCUT2D eigenvalue weighted by Gasteiger charge is -2.20. The Bertz CT molecular complexity index is 805. The fourth-order valence-corrected chi connectivity index (χ4v) is 2.95. The van der Waals surface area contributed by atoms with Crippen molar-refractivity contribution in [3.05, 3.63) is 53.6 Å². The van der Waals surface area contributed by atoms with Crippen LogP contribution in [-0.2, 0) is 6.54 Å². The van der Waals surface area contributed by atoms with Crippen molar-refractivity contribution in [2.75, 3.05) is 39.3 Å². The molecule has 0 aliphatic rings. The van der Waals surface area contributed by atoms with E-state index in [1.807, 2.05) is 40.1 Å². The molecule has 6 nitrogen and oxygen atoms in total. The van der Waals surface area contributed by atoms with Gasteiger partial charge in [-0.25, -0.2) is 0 Å². The molecule has 0 bridgehead atoms. The largest absolute Gasteiger partial charge is 0.490 e. The number of hydrogen-bond donors (Lipinski definition) is 2. The van der Waals surface area contributed by atoms with E-state index in [0.717, 1.165) is 23.0 Å². The molecule has 2 aromatic rings. The van der Waals surface area contributed by atoms with Crippen molar-refractivity contribution in [1.82, 2.24) is 10.6 Å². The van der Waals surface area contributed by atoms with Crippen molar-refractivity contribution in [1.29, 1.82) is 0 Å². The van der Waals surface area contributed by atoms with Crippen molar-refractivity contribution in [2.45, 2.75) is 33.4 Å². The van der Waals surface area contributed by atoms with Crippen molar-refractivity contribution in [2.24, 2.45) is 4.99 Å². The van der Waals surface area contributed by atoms with Gasteiger partial charge in [0.15, 0.2) is 17.5 Å². The molecule has 2 rings (SSSR count). The summed E-state index contributed by atoms with van der Waals surface area (Å²) in [7, 11) is 5.87. The van der Waals surface area contributed by atoms with Crippen LogP contribution in [0.25, 0.3) is 0 Å². The molecule has 158 valence electrons. The van der Waals surface area contributed by atoms with Gasteiger partial charge in [0.2, 0.25) is 0 Å². The van der Waals surface area contributed by atoms with Crippen LogP contribution < -0.4 is 25.0 Å². The van der Waals surface area contributed by atoms with Crippen LogP contribution in [0.4, 0.5) is 5.69 Å². The number of nitrogens with zero attached hydrogens (tertiary/aromatic N) is 2. The molecule has 0 spiro atoms. The van der Waals surface area contributed by atoms with E-state index >= 15 is 0 Å². The van der Waals surface area contributed by atoms with Gasteiger partial charge in [0.05, 0.1) is 19.3 Å². The summed E-state index contributed by atoms with van der Waals surface area (Å²) in [4.78, 5) is 6.46. The molecule has 6 heteroatoms. The maximum absolute atomic E-state index is 5.74. The van der Waals surface area contributed by atoms with Gasteiger partial charge in [-0.05, 0) is 56.2 Å². The van der Waals surface area contributed by atoms with Gasteiger partial charge in [0.1, 0.15) is 0 Å². The van der Waals surface area contributed by atoms with E-state index in [0.29, 0.717) is 19.8 Å². The highest BCUT2D eigenvalue weighted by atomic mass is 16.5. The van der Waals surface area contributed by atoms with E-state index in [1.54, 1.807) is 7.05 Å². The van der Waals surface area contributed by atoms with Crippen molar-refractivity contribution < 1.29 is 9.47 Å². The van der Waals surface area contributed by atoms with Crippen molar-refractivity contribution in [3.63, 3.8) is 0 Å². The fraction of sp³-hybridized carbons (Fsp3) is 0.435. The maximum Gasteiger partial charge on any atom is 0.191 e. The lowest BCUT2D eigenvalue weighted by molar-refractivity contribution is 0.287. The third-order valence-corrected chi connectivity index (χ3v) is 4.53. The van der Waals surface area contributed by atoms with Crippen LogP contribution in [0.3, 0.4) is 0 Å². The predicted molar refractivity (Wildman–Crippen MR) is 121 cm³/mol. The predicted octanol–water partition coefficient (Wildman–Crippen LogP) is 3.98. The van der Waals surface area contributed by atoms with Crippen LogP contribution in [0.15, 0.2) is 47.5 Å². The van der Waals surface area contributed by atoms with E-state index in [1.165, 1.54) is 11.3 Å². The highest BCUT2D eigenvalue weighted by Crippen LogP contribution is 2.30. The van der Waals surface area contributed by atoms with Gasteiger partial charge in [-0.3, -0.25) is 4.99 Å². The summed E-state index contributed by atoms with van der Waals surface area (Å²) >= 11 is 0. The number of benzene rings is 2. The molecule has 2 aromatic carbocycles. The average Bonchev–Trinajstić information content (AvgIpc) is 2.72. The second kappa shape index (κ2) is 11.2. The van der Waals surface area contributed by atoms with Crippen LogP contribution in [0.2, 0.25) is 0 Å². The third-order valence-electron chi connectivity index (χ3n) is 4.53. The number of aliphatic imine (C=N–C) groups is 1. The van der Waals surface area contributed by atoms with Gasteiger partial charge < -0.3 is 25.0 Å². The van der Waals surface area contributed by atoms with Gasteiger partial charge in [-0.1, -0.05) is 18.2 Å². The summed E-state index contributed by atoms with van der Waals surface area (Å²) in [5, 5.41) is 6.83. The van der Waals surface area contributed by atoms with Gasteiger partial charge in [0, 0.05) is 33.4 Å². The topological polar surface area (TPSA) is 58.1 Å². The first-order valence-corrected chi connectivity index (χ1v) is 10.1. The van der Waals surface area contributed by atoms with E-state index < -0.39 is 0 Å². The number of ether oxygens (including phenoxy) is 2. The summed E-state index contributed by atoms with van der Waals surface area (Å²) in [5.41, 5.74) is 3.49. The lowest BCUT2D eigenvalue weighted by Crippen LogP contribution is -2.38. The molecule has 0 radical (unpaired) electrons. The summed E-state index contributed by atoms with van der Waals surface area (Å²) in [6.07, 6.45) is 0. The SMILES string of the molecule is CCOc1ccc(C(C)NC(=NC)NCc2cccc(N(C)C)c2)cc1OCC. The highest BCUT2D eigenvalue weighted by molar-refractivity contribution is 5.80. The zero-order chi connectivity index (χ0) is 21.2. The number of anilines is 1. The normalized spacial score (nSPS) is 12.3.